The Kier molecular flexibility index (Phi) is 4.88. The Balaban J connectivity index is 1.86. The molecule has 0 spiro atoms. The van der Waals surface area contributed by atoms with Gasteiger partial charge in [-0.05, 0) is 53.5 Å². The van der Waals surface area contributed by atoms with Crippen molar-refractivity contribution in [2.24, 2.45) is 7.05 Å². The van der Waals surface area contributed by atoms with Gasteiger partial charge in [-0.3, -0.25) is 4.79 Å². The summed E-state index contributed by atoms with van der Waals surface area (Å²) in [6, 6.07) is 10.2. The molecule has 1 unspecified atom stereocenters. The molecule has 0 aliphatic carbocycles. The Morgan fingerprint density at radius 3 is 2.65 bits per heavy atom. The van der Waals surface area contributed by atoms with Crippen molar-refractivity contribution in [3.8, 4) is 0 Å². The zero-order valence-electron chi connectivity index (χ0n) is 15.2. The molecule has 1 N–H and O–H groups in total. The minimum absolute atomic E-state index is 0.208. The Bertz CT molecular complexity index is 980. The van der Waals surface area contributed by atoms with Crippen LogP contribution in [0.3, 0.4) is 0 Å². The lowest BCUT2D eigenvalue weighted by atomic mass is 9.83. The molecular weight excluding hydrogens is 397 g/mol. The number of aromatic nitrogens is 2. The van der Waals surface area contributed by atoms with Crippen LogP contribution >= 0.6 is 15.9 Å². The van der Waals surface area contributed by atoms with Crippen molar-refractivity contribution in [1.82, 2.24) is 14.9 Å². The predicted octanol–water partition coefficient (Wildman–Crippen LogP) is 4.79. The average molecular weight is 418 g/mol. The van der Waals surface area contributed by atoms with Gasteiger partial charge >= 0.3 is 0 Å². The molecule has 1 aromatic carbocycles. The van der Waals surface area contributed by atoms with Crippen LogP contribution < -0.4 is 5.32 Å². The third-order valence-corrected chi connectivity index (χ3v) is 5.53. The molecule has 26 heavy (non-hydrogen) atoms. The van der Waals surface area contributed by atoms with Crippen molar-refractivity contribution in [2.45, 2.75) is 32.2 Å². The van der Waals surface area contributed by atoms with Crippen molar-refractivity contribution in [2.75, 3.05) is 0 Å². The van der Waals surface area contributed by atoms with Crippen molar-refractivity contribution in [1.29, 1.82) is 0 Å². The summed E-state index contributed by atoms with van der Waals surface area (Å²) >= 11 is 3.48. The number of nitrogens with zero attached hydrogens (tertiary/aromatic N) is 2. The van der Waals surface area contributed by atoms with E-state index in [0.717, 1.165) is 15.5 Å². The molecule has 3 rings (SSSR count). The fraction of sp³-hybridized carbons (Fsp3) is 0.300. The van der Waals surface area contributed by atoms with Crippen LogP contribution in [0.25, 0.3) is 11.0 Å². The van der Waals surface area contributed by atoms with E-state index in [2.05, 4.69) is 26.2 Å². The lowest BCUT2D eigenvalue weighted by Crippen LogP contribution is -2.47. The van der Waals surface area contributed by atoms with Gasteiger partial charge in [0.1, 0.15) is 17.2 Å². The van der Waals surface area contributed by atoms with Gasteiger partial charge in [0, 0.05) is 34.6 Å². The van der Waals surface area contributed by atoms with Crippen molar-refractivity contribution < 1.29 is 9.18 Å². The maximum atomic E-state index is 14.1. The molecule has 0 fully saturated rings. The first-order valence-corrected chi connectivity index (χ1v) is 9.18. The summed E-state index contributed by atoms with van der Waals surface area (Å²) in [5, 5.41) is 3.95. The number of hydrogen-bond acceptors (Lipinski definition) is 2. The summed E-state index contributed by atoms with van der Waals surface area (Å²) in [6.07, 6.45) is 1.91. The number of hydrogen-bond donors (Lipinski definition) is 1. The maximum absolute atomic E-state index is 14.1. The van der Waals surface area contributed by atoms with Crippen LogP contribution in [0.4, 0.5) is 4.39 Å². The van der Waals surface area contributed by atoms with Gasteiger partial charge in [0.05, 0.1) is 0 Å². The number of amides is 1. The molecule has 2 heterocycles. The summed E-state index contributed by atoms with van der Waals surface area (Å²) in [6.45, 7) is 5.68. The lowest BCUT2D eigenvalue weighted by Gasteiger charge is -2.33. The molecule has 1 amide bonds. The molecule has 4 nitrogen and oxygen atoms in total. The van der Waals surface area contributed by atoms with E-state index in [0.29, 0.717) is 11.3 Å². The monoisotopic (exact) mass is 417 g/mol. The molecule has 1 atom stereocenters. The van der Waals surface area contributed by atoms with Crippen molar-refractivity contribution in [3.63, 3.8) is 0 Å². The molecule has 0 aliphatic heterocycles. The molecule has 136 valence electrons. The SMILES string of the molecule is CC(c1ccccc1F)C(C)(C)NC(=O)c1ccc2c(Br)cn(C)c2n1. The summed E-state index contributed by atoms with van der Waals surface area (Å²) in [4.78, 5) is 17.2. The normalized spacial score (nSPS) is 13.0. The minimum Gasteiger partial charge on any atom is -0.345 e. The maximum Gasteiger partial charge on any atom is 0.270 e. The van der Waals surface area contributed by atoms with Crippen LogP contribution in [0.5, 0.6) is 0 Å². The standard InChI is InChI=1S/C20H21BrFN3O/c1-12(13-7-5-6-8-16(13)22)20(2,3)24-19(26)17-10-9-14-15(21)11-25(4)18(14)23-17/h5-12H,1-4H3,(H,24,26). The van der Waals surface area contributed by atoms with Gasteiger partial charge in [-0.25, -0.2) is 9.37 Å². The van der Waals surface area contributed by atoms with E-state index in [9.17, 15) is 9.18 Å². The first-order valence-electron chi connectivity index (χ1n) is 8.39. The fourth-order valence-corrected chi connectivity index (χ4v) is 3.63. The lowest BCUT2D eigenvalue weighted by molar-refractivity contribution is 0.0897. The average Bonchev–Trinajstić information content (AvgIpc) is 2.88. The van der Waals surface area contributed by atoms with E-state index in [1.165, 1.54) is 6.07 Å². The highest BCUT2D eigenvalue weighted by atomic mass is 79.9. The number of carbonyl (C=O) groups is 1. The van der Waals surface area contributed by atoms with Gasteiger partial charge in [0.2, 0.25) is 0 Å². The summed E-state index contributed by atoms with van der Waals surface area (Å²) in [7, 11) is 1.88. The van der Waals surface area contributed by atoms with Crippen LogP contribution in [0, 0.1) is 5.82 Å². The minimum atomic E-state index is -0.648. The molecule has 0 radical (unpaired) electrons. The molecule has 0 saturated carbocycles. The first-order chi connectivity index (χ1) is 12.2. The summed E-state index contributed by atoms with van der Waals surface area (Å²) in [5.41, 5.74) is 0.988. The van der Waals surface area contributed by atoms with E-state index in [4.69, 9.17) is 0 Å². The van der Waals surface area contributed by atoms with Gasteiger partial charge < -0.3 is 9.88 Å². The number of halogens is 2. The molecule has 6 heteroatoms. The van der Waals surface area contributed by atoms with Gasteiger partial charge in [0.25, 0.3) is 5.91 Å². The van der Waals surface area contributed by atoms with Crippen molar-refractivity contribution in [3.05, 3.63) is 64.1 Å². The molecule has 0 saturated heterocycles. The van der Waals surface area contributed by atoms with Gasteiger partial charge in [0.15, 0.2) is 0 Å². The van der Waals surface area contributed by atoms with Gasteiger partial charge in [-0.15, -0.1) is 0 Å². The highest BCUT2D eigenvalue weighted by Gasteiger charge is 2.31. The van der Waals surface area contributed by atoms with Crippen molar-refractivity contribution >= 4 is 32.9 Å². The van der Waals surface area contributed by atoms with Crippen LogP contribution in [0.15, 0.2) is 47.1 Å². The Labute approximate surface area is 160 Å². The highest BCUT2D eigenvalue weighted by Crippen LogP contribution is 2.30. The number of fused-ring (bicyclic) bond motifs is 1. The molecular formula is C20H21BrFN3O. The quantitative estimate of drug-likeness (QED) is 0.663. The number of aryl methyl sites for hydroxylation is 1. The summed E-state index contributed by atoms with van der Waals surface area (Å²) in [5.74, 6) is -0.756. The van der Waals surface area contributed by atoms with E-state index < -0.39 is 5.54 Å². The number of pyridine rings is 1. The van der Waals surface area contributed by atoms with Crippen LogP contribution in [-0.2, 0) is 7.05 Å². The van der Waals surface area contributed by atoms with E-state index >= 15 is 0 Å². The van der Waals surface area contributed by atoms with Gasteiger partial charge in [-0.1, -0.05) is 25.1 Å². The van der Waals surface area contributed by atoms with E-state index in [1.807, 2.05) is 44.6 Å². The molecule has 3 aromatic rings. The number of benzene rings is 1. The first kappa shape index (κ1) is 18.6. The molecule has 0 aliphatic rings. The molecule has 0 bridgehead atoms. The Morgan fingerprint density at radius 2 is 1.96 bits per heavy atom. The van der Waals surface area contributed by atoms with Gasteiger partial charge in [-0.2, -0.15) is 0 Å². The second-order valence-corrected chi connectivity index (χ2v) is 7.93. The predicted molar refractivity (Wildman–Crippen MR) is 105 cm³/mol. The smallest absolute Gasteiger partial charge is 0.270 e. The third-order valence-electron chi connectivity index (χ3n) is 4.90. The fourth-order valence-electron chi connectivity index (χ4n) is 3.01. The number of nitrogens with one attached hydrogen (secondary N) is 1. The Morgan fingerprint density at radius 1 is 1.27 bits per heavy atom. The zero-order valence-corrected chi connectivity index (χ0v) is 16.8. The van der Waals surface area contributed by atoms with Crippen LogP contribution in [0.1, 0.15) is 42.7 Å². The summed E-state index contributed by atoms with van der Waals surface area (Å²) < 4.78 is 16.9. The number of rotatable bonds is 4. The second kappa shape index (κ2) is 6.83. The van der Waals surface area contributed by atoms with E-state index in [-0.39, 0.29) is 17.6 Å². The van der Waals surface area contributed by atoms with Crippen LogP contribution in [-0.4, -0.2) is 21.0 Å². The second-order valence-electron chi connectivity index (χ2n) is 7.07. The number of carbonyl (C=O) groups excluding carboxylic acids is 1. The van der Waals surface area contributed by atoms with E-state index in [1.54, 1.807) is 24.3 Å². The zero-order chi connectivity index (χ0) is 19.1. The topological polar surface area (TPSA) is 46.9 Å². The third kappa shape index (κ3) is 3.38. The molecule has 2 aromatic heterocycles. The highest BCUT2D eigenvalue weighted by molar-refractivity contribution is 9.10. The van der Waals surface area contributed by atoms with Crippen LogP contribution in [0.2, 0.25) is 0 Å². The Hall–Kier alpha value is -2.21. The largest absolute Gasteiger partial charge is 0.345 e.